The third kappa shape index (κ3) is 2.88. The molecule has 2 aromatic carbocycles. The van der Waals surface area contributed by atoms with Gasteiger partial charge in [0.15, 0.2) is 11.5 Å². The molecule has 0 amide bonds. The Hall–Kier alpha value is -2.18. The molecule has 0 aliphatic heterocycles. The highest BCUT2D eigenvalue weighted by molar-refractivity contribution is 7.89. The summed E-state index contributed by atoms with van der Waals surface area (Å²) in [5.41, 5.74) is 3.11. The van der Waals surface area contributed by atoms with E-state index in [4.69, 9.17) is 4.42 Å². The minimum Gasteiger partial charge on any atom is -0.441 e. The van der Waals surface area contributed by atoms with Gasteiger partial charge in [-0.1, -0.05) is 24.3 Å². The van der Waals surface area contributed by atoms with E-state index in [0.29, 0.717) is 17.0 Å². The lowest BCUT2D eigenvalue weighted by atomic mass is 10.1. The Morgan fingerprint density at radius 3 is 2.68 bits per heavy atom. The number of hydrogen-bond acceptors (Lipinski definition) is 4. The van der Waals surface area contributed by atoms with E-state index in [1.807, 2.05) is 31.2 Å². The molecule has 114 valence electrons. The van der Waals surface area contributed by atoms with Crippen molar-refractivity contribution in [2.24, 2.45) is 0 Å². The van der Waals surface area contributed by atoms with Crippen LogP contribution in [-0.4, -0.2) is 13.4 Å². The van der Waals surface area contributed by atoms with Gasteiger partial charge in [-0.25, -0.2) is 18.1 Å². The van der Waals surface area contributed by atoms with Crippen LogP contribution in [0.2, 0.25) is 0 Å². The molecule has 6 heteroatoms. The number of nitrogens with one attached hydrogen (secondary N) is 1. The summed E-state index contributed by atoms with van der Waals surface area (Å²) >= 11 is 0. The van der Waals surface area contributed by atoms with Gasteiger partial charge in [-0.05, 0) is 36.2 Å². The summed E-state index contributed by atoms with van der Waals surface area (Å²) in [6.45, 7) is 3.93. The fourth-order valence-corrected chi connectivity index (χ4v) is 3.28. The van der Waals surface area contributed by atoms with Gasteiger partial charge in [0.25, 0.3) is 0 Å². The van der Waals surface area contributed by atoms with Crippen LogP contribution in [0.1, 0.15) is 17.0 Å². The van der Waals surface area contributed by atoms with Crippen LogP contribution in [0.25, 0.3) is 11.1 Å². The van der Waals surface area contributed by atoms with Crippen molar-refractivity contribution in [1.82, 2.24) is 9.71 Å². The Kier molecular flexibility index (Phi) is 3.72. The van der Waals surface area contributed by atoms with Crippen LogP contribution >= 0.6 is 0 Å². The molecule has 0 atom stereocenters. The summed E-state index contributed by atoms with van der Waals surface area (Å²) in [4.78, 5) is 4.34. The molecule has 5 nitrogen and oxygen atoms in total. The van der Waals surface area contributed by atoms with E-state index >= 15 is 0 Å². The first kappa shape index (κ1) is 14.7. The van der Waals surface area contributed by atoms with E-state index in [1.165, 1.54) is 12.1 Å². The van der Waals surface area contributed by atoms with E-state index in [-0.39, 0.29) is 11.4 Å². The largest absolute Gasteiger partial charge is 0.441 e. The Morgan fingerprint density at radius 2 is 1.91 bits per heavy atom. The van der Waals surface area contributed by atoms with Gasteiger partial charge in [0.2, 0.25) is 10.0 Å². The van der Waals surface area contributed by atoms with E-state index < -0.39 is 10.0 Å². The summed E-state index contributed by atoms with van der Waals surface area (Å²) in [5, 5.41) is 0. The van der Waals surface area contributed by atoms with Gasteiger partial charge in [-0.15, -0.1) is 0 Å². The Bertz CT molecular complexity index is 929. The summed E-state index contributed by atoms with van der Waals surface area (Å²) in [6.07, 6.45) is 0. The molecule has 1 N–H and O–H groups in total. The number of fused-ring (bicyclic) bond motifs is 1. The Morgan fingerprint density at radius 1 is 1.14 bits per heavy atom. The van der Waals surface area contributed by atoms with Crippen LogP contribution in [0.3, 0.4) is 0 Å². The Labute approximate surface area is 129 Å². The molecule has 1 heterocycles. The molecule has 0 aliphatic carbocycles. The molecule has 0 aliphatic rings. The maximum Gasteiger partial charge on any atom is 0.240 e. The molecule has 0 fully saturated rings. The number of aryl methyl sites for hydroxylation is 2. The number of rotatable bonds is 4. The van der Waals surface area contributed by atoms with Gasteiger partial charge in [0, 0.05) is 13.5 Å². The summed E-state index contributed by atoms with van der Waals surface area (Å²) in [5.74, 6) is 0.511. The first-order valence-corrected chi connectivity index (χ1v) is 8.35. The van der Waals surface area contributed by atoms with Crippen molar-refractivity contribution in [2.45, 2.75) is 25.3 Å². The molecule has 1 aromatic heterocycles. The van der Waals surface area contributed by atoms with Crippen molar-refractivity contribution in [3.8, 4) is 0 Å². The molecule has 3 aromatic rings. The Balaban J connectivity index is 1.86. The van der Waals surface area contributed by atoms with Crippen molar-refractivity contribution in [3.63, 3.8) is 0 Å². The standard InChI is InChI=1S/C16H16N2O3S/c1-11-5-3-4-6-13(11)10-17-22(19,20)14-7-8-16-15(9-14)18-12(2)21-16/h3-9,17H,10H2,1-2H3. The van der Waals surface area contributed by atoms with Crippen molar-refractivity contribution < 1.29 is 12.8 Å². The third-order valence-electron chi connectivity index (χ3n) is 3.49. The molecule has 0 saturated heterocycles. The zero-order valence-electron chi connectivity index (χ0n) is 12.3. The monoisotopic (exact) mass is 316 g/mol. The highest BCUT2D eigenvalue weighted by atomic mass is 32.2. The van der Waals surface area contributed by atoms with Crippen LogP contribution in [0.4, 0.5) is 0 Å². The van der Waals surface area contributed by atoms with Gasteiger partial charge in [-0.3, -0.25) is 0 Å². The molecule has 0 saturated carbocycles. The van der Waals surface area contributed by atoms with Crippen molar-refractivity contribution >= 4 is 21.1 Å². The van der Waals surface area contributed by atoms with Crippen LogP contribution in [0, 0.1) is 13.8 Å². The van der Waals surface area contributed by atoms with Crippen LogP contribution < -0.4 is 4.72 Å². The number of hydrogen-bond donors (Lipinski definition) is 1. The molecule has 0 radical (unpaired) electrons. The molecular formula is C16H16N2O3S. The zero-order chi connectivity index (χ0) is 15.7. The molecule has 22 heavy (non-hydrogen) atoms. The van der Waals surface area contributed by atoms with Crippen molar-refractivity contribution in [1.29, 1.82) is 0 Å². The number of oxazole rings is 1. The van der Waals surface area contributed by atoms with Gasteiger partial charge < -0.3 is 4.42 Å². The van der Waals surface area contributed by atoms with Gasteiger partial charge in [-0.2, -0.15) is 0 Å². The van der Waals surface area contributed by atoms with Crippen LogP contribution in [0.5, 0.6) is 0 Å². The zero-order valence-corrected chi connectivity index (χ0v) is 13.1. The van der Waals surface area contributed by atoms with Crippen molar-refractivity contribution in [2.75, 3.05) is 0 Å². The third-order valence-corrected chi connectivity index (χ3v) is 4.89. The number of aromatic nitrogens is 1. The van der Waals surface area contributed by atoms with Gasteiger partial charge in [0.1, 0.15) is 5.52 Å². The fourth-order valence-electron chi connectivity index (χ4n) is 2.25. The molecule has 3 rings (SSSR count). The van der Waals surface area contributed by atoms with E-state index in [0.717, 1.165) is 11.1 Å². The first-order valence-electron chi connectivity index (χ1n) is 6.87. The minimum atomic E-state index is -3.59. The van der Waals surface area contributed by atoms with E-state index in [2.05, 4.69) is 9.71 Å². The van der Waals surface area contributed by atoms with E-state index in [1.54, 1.807) is 13.0 Å². The smallest absolute Gasteiger partial charge is 0.240 e. The lowest BCUT2D eigenvalue weighted by molar-refractivity contribution is 0.561. The summed E-state index contributed by atoms with van der Waals surface area (Å²) in [7, 11) is -3.59. The second-order valence-corrected chi connectivity index (χ2v) is 6.88. The first-order chi connectivity index (χ1) is 10.5. The lowest BCUT2D eigenvalue weighted by Gasteiger charge is -2.08. The lowest BCUT2D eigenvalue weighted by Crippen LogP contribution is -2.23. The molecule has 0 bridgehead atoms. The normalized spacial score (nSPS) is 11.9. The summed E-state index contributed by atoms with van der Waals surface area (Å²) < 4.78 is 32.8. The van der Waals surface area contributed by atoms with E-state index in [9.17, 15) is 8.42 Å². The average molecular weight is 316 g/mol. The second-order valence-electron chi connectivity index (χ2n) is 5.11. The van der Waals surface area contributed by atoms with Gasteiger partial charge >= 0.3 is 0 Å². The van der Waals surface area contributed by atoms with Crippen LogP contribution in [0.15, 0.2) is 51.8 Å². The number of nitrogens with zero attached hydrogens (tertiary/aromatic N) is 1. The SMILES string of the molecule is Cc1nc2cc(S(=O)(=O)NCc3ccccc3C)ccc2o1. The topological polar surface area (TPSA) is 72.2 Å². The molecule has 0 spiro atoms. The fraction of sp³-hybridized carbons (Fsp3) is 0.188. The second kappa shape index (κ2) is 5.55. The molecular weight excluding hydrogens is 300 g/mol. The number of benzene rings is 2. The predicted octanol–water partition coefficient (Wildman–Crippen LogP) is 2.92. The number of sulfonamides is 1. The van der Waals surface area contributed by atoms with Gasteiger partial charge in [0.05, 0.1) is 4.90 Å². The summed E-state index contributed by atoms with van der Waals surface area (Å²) in [6, 6.07) is 12.3. The highest BCUT2D eigenvalue weighted by Crippen LogP contribution is 2.20. The van der Waals surface area contributed by atoms with Crippen molar-refractivity contribution in [3.05, 3.63) is 59.5 Å². The maximum absolute atomic E-state index is 12.4. The highest BCUT2D eigenvalue weighted by Gasteiger charge is 2.16. The predicted molar refractivity (Wildman–Crippen MR) is 84.0 cm³/mol. The van der Waals surface area contributed by atoms with Crippen LogP contribution in [-0.2, 0) is 16.6 Å². The minimum absolute atomic E-state index is 0.182. The average Bonchev–Trinajstić information content (AvgIpc) is 2.85. The maximum atomic E-state index is 12.4. The molecule has 0 unspecified atom stereocenters. The quantitative estimate of drug-likeness (QED) is 0.803.